The maximum atomic E-state index is 9.50. The molecule has 2 aromatic carbocycles. The summed E-state index contributed by atoms with van der Waals surface area (Å²) in [6.45, 7) is 1.21. The molecular formula is C19H16N4O2S2. The second-order valence-electron chi connectivity index (χ2n) is 5.67. The van der Waals surface area contributed by atoms with Crippen LogP contribution in [0.25, 0.3) is 0 Å². The number of hydrogen-bond donors (Lipinski definition) is 1. The van der Waals surface area contributed by atoms with Gasteiger partial charge in [-0.2, -0.15) is 5.26 Å². The first-order valence-corrected chi connectivity index (χ1v) is 9.93. The minimum Gasteiger partial charge on any atom is -0.497 e. The largest absolute Gasteiger partial charge is 0.497 e. The number of thiazole rings is 1. The van der Waals surface area contributed by atoms with Gasteiger partial charge in [0.05, 0.1) is 30.6 Å². The summed E-state index contributed by atoms with van der Waals surface area (Å²) in [5.41, 5.74) is 2.36. The van der Waals surface area contributed by atoms with Gasteiger partial charge < -0.3 is 19.1 Å². The number of benzene rings is 2. The second kappa shape index (κ2) is 7.78. The third-order valence-corrected chi connectivity index (χ3v) is 5.70. The van der Waals surface area contributed by atoms with Crippen molar-refractivity contribution in [2.24, 2.45) is 0 Å². The van der Waals surface area contributed by atoms with Crippen LogP contribution in [0.15, 0.2) is 52.9 Å². The zero-order valence-electron chi connectivity index (χ0n) is 14.5. The third-order valence-electron chi connectivity index (χ3n) is 4.10. The zero-order chi connectivity index (χ0) is 18.6. The minimum absolute atomic E-state index is 0.545. The van der Waals surface area contributed by atoms with Crippen LogP contribution in [0.5, 0.6) is 11.5 Å². The van der Waals surface area contributed by atoms with Crippen molar-refractivity contribution in [2.75, 3.05) is 29.9 Å². The first-order valence-electron chi connectivity index (χ1n) is 8.23. The molecule has 1 aromatic heterocycles. The van der Waals surface area contributed by atoms with Gasteiger partial charge in [0.15, 0.2) is 5.13 Å². The molecule has 1 aliphatic heterocycles. The van der Waals surface area contributed by atoms with Crippen molar-refractivity contribution >= 4 is 39.8 Å². The molecule has 2 heterocycles. The fourth-order valence-electron chi connectivity index (χ4n) is 2.85. The lowest BCUT2D eigenvalue weighted by Crippen LogP contribution is -2.29. The molecule has 1 N–H and O–H groups in total. The highest BCUT2D eigenvalue weighted by atomic mass is 32.2. The molecule has 136 valence electrons. The molecule has 0 fully saturated rings. The summed E-state index contributed by atoms with van der Waals surface area (Å²) in [7, 11) is 1.62. The number of methoxy groups -OCH3 is 1. The average molecular weight is 396 g/mol. The van der Waals surface area contributed by atoms with E-state index in [2.05, 4.69) is 20.7 Å². The first kappa shape index (κ1) is 17.5. The number of nitrogens with one attached hydrogen (secondary N) is 1. The number of fused-ring (bicyclic) bond motifs is 1. The normalized spacial score (nSPS) is 12.7. The Kier molecular flexibility index (Phi) is 5.05. The van der Waals surface area contributed by atoms with Crippen molar-refractivity contribution in [3.63, 3.8) is 0 Å². The van der Waals surface area contributed by atoms with E-state index in [4.69, 9.17) is 9.47 Å². The van der Waals surface area contributed by atoms with Crippen LogP contribution in [-0.4, -0.2) is 25.2 Å². The number of hydrogen-bond acceptors (Lipinski definition) is 8. The number of nitriles is 1. The summed E-state index contributed by atoms with van der Waals surface area (Å²) in [4.78, 5) is 7.34. The molecule has 1 aliphatic rings. The second-order valence-corrected chi connectivity index (χ2v) is 7.44. The van der Waals surface area contributed by atoms with Gasteiger partial charge in [-0.3, -0.25) is 0 Å². The quantitative estimate of drug-likeness (QED) is 0.628. The summed E-state index contributed by atoms with van der Waals surface area (Å²) < 4.78 is 14.4. The van der Waals surface area contributed by atoms with E-state index >= 15 is 0 Å². The molecule has 8 heteroatoms. The van der Waals surface area contributed by atoms with Gasteiger partial charge >= 0.3 is 0 Å². The molecule has 0 radical (unpaired) electrons. The number of aromatic nitrogens is 1. The minimum atomic E-state index is 0.545. The molecule has 0 bridgehead atoms. The number of ether oxygens (including phenoxy) is 2. The summed E-state index contributed by atoms with van der Waals surface area (Å²) in [6.07, 6.45) is 1.77. The lowest BCUT2D eigenvalue weighted by Gasteiger charge is -2.32. The van der Waals surface area contributed by atoms with Crippen molar-refractivity contribution in [2.45, 2.75) is 4.90 Å². The molecule has 0 amide bonds. The van der Waals surface area contributed by atoms with E-state index in [9.17, 15) is 5.26 Å². The van der Waals surface area contributed by atoms with Crippen LogP contribution in [-0.2, 0) is 0 Å². The summed E-state index contributed by atoms with van der Waals surface area (Å²) >= 11 is 3.04. The van der Waals surface area contributed by atoms with Crippen LogP contribution < -0.4 is 19.1 Å². The van der Waals surface area contributed by atoms with Gasteiger partial charge in [-0.05, 0) is 42.3 Å². The van der Waals surface area contributed by atoms with Gasteiger partial charge in [0.2, 0.25) is 0 Å². The first-order chi connectivity index (χ1) is 13.3. The molecule has 0 unspecified atom stereocenters. The van der Waals surface area contributed by atoms with Crippen LogP contribution >= 0.6 is 23.3 Å². The van der Waals surface area contributed by atoms with E-state index in [0.29, 0.717) is 18.7 Å². The van der Waals surface area contributed by atoms with E-state index in [-0.39, 0.29) is 0 Å². The van der Waals surface area contributed by atoms with Crippen molar-refractivity contribution in [1.82, 2.24) is 4.98 Å². The van der Waals surface area contributed by atoms with Gasteiger partial charge in [-0.25, -0.2) is 4.98 Å². The Labute approximate surface area is 165 Å². The monoisotopic (exact) mass is 396 g/mol. The topological polar surface area (TPSA) is 70.4 Å². The number of rotatable bonds is 5. The van der Waals surface area contributed by atoms with Crippen LogP contribution in [0.3, 0.4) is 0 Å². The van der Waals surface area contributed by atoms with Gasteiger partial charge in [0.1, 0.15) is 24.2 Å². The molecule has 3 aromatic rings. The summed E-state index contributed by atoms with van der Waals surface area (Å²) in [5, 5.41) is 12.3. The average Bonchev–Trinajstić information content (AvgIpc) is 3.24. The van der Waals surface area contributed by atoms with E-state index in [1.165, 1.54) is 11.9 Å². The van der Waals surface area contributed by atoms with E-state index in [1.807, 2.05) is 29.6 Å². The molecular weight excluding hydrogens is 380 g/mol. The Bertz CT molecular complexity index is 986. The van der Waals surface area contributed by atoms with Crippen molar-refractivity contribution in [3.05, 3.63) is 53.5 Å². The fourth-order valence-corrected chi connectivity index (χ4v) is 4.10. The zero-order valence-corrected chi connectivity index (χ0v) is 16.1. The maximum absolute atomic E-state index is 9.50. The summed E-state index contributed by atoms with van der Waals surface area (Å²) in [5.74, 6) is 1.51. The molecule has 27 heavy (non-hydrogen) atoms. The number of nitrogens with zero attached hydrogens (tertiary/aromatic N) is 3. The Morgan fingerprint density at radius 2 is 2.22 bits per heavy atom. The van der Waals surface area contributed by atoms with E-state index in [1.54, 1.807) is 36.8 Å². The highest BCUT2D eigenvalue weighted by molar-refractivity contribution is 8.00. The molecule has 4 rings (SSSR count). The Morgan fingerprint density at radius 3 is 3.00 bits per heavy atom. The van der Waals surface area contributed by atoms with Crippen molar-refractivity contribution < 1.29 is 9.47 Å². The standard InChI is InChI=1S/C19H16N4O2S2/c1-24-14-3-2-13(12-20)17(10-14)23-7-8-25-18-11-15(4-5-16(18)23)27-22-19-21-6-9-26-19/h2-6,9-11H,7-8H2,1H3,(H,21,22). The third kappa shape index (κ3) is 3.65. The predicted molar refractivity (Wildman–Crippen MR) is 108 cm³/mol. The Morgan fingerprint density at radius 1 is 1.30 bits per heavy atom. The van der Waals surface area contributed by atoms with E-state index < -0.39 is 0 Å². The molecule has 0 saturated carbocycles. The fraction of sp³-hybridized carbons (Fsp3) is 0.158. The predicted octanol–water partition coefficient (Wildman–Crippen LogP) is 4.67. The maximum Gasteiger partial charge on any atom is 0.192 e. The van der Waals surface area contributed by atoms with E-state index in [0.717, 1.165) is 32.9 Å². The van der Waals surface area contributed by atoms with Gasteiger partial charge in [-0.1, -0.05) is 0 Å². The molecule has 0 saturated heterocycles. The lowest BCUT2D eigenvalue weighted by molar-refractivity contribution is 0.313. The van der Waals surface area contributed by atoms with Gasteiger partial charge in [0.25, 0.3) is 0 Å². The molecule has 0 spiro atoms. The Balaban J connectivity index is 1.63. The lowest BCUT2D eigenvalue weighted by atomic mass is 10.1. The van der Waals surface area contributed by atoms with Crippen LogP contribution in [0, 0.1) is 11.3 Å². The van der Waals surface area contributed by atoms with Crippen molar-refractivity contribution in [3.8, 4) is 17.6 Å². The van der Waals surface area contributed by atoms with Crippen LogP contribution in [0.4, 0.5) is 16.5 Å². The molecule has 0 atom stereocenters. The smallest absolute Gasteiger partial charge is 0.192 e. The number of anilines is 3. The molecule has 0 aliphatic carbocycles. The highest BCUT2D eigenvalue weighted by Gasteiger charge is 2.22. The SMILES string of the molecule is COc1ccc(C#N)c(N2CCOc3cc(SNc4nccs4)ccc32)c1. The van der Waals surface area contributed by atoms with Crippen LogP contribution in [0.2, 0.25) is 0 Å². The summed E-state index contributed by atoms with van der Waals surface area (Å²) in [6, 6.07) is 13.8. The van der Waals surface area contributed by atoms with Gasteiger partial charge in [0, 0.05) is 22.5 Å². The van der Waals surface area contributed by atoms with Crippen LogP contribution in [0.1, 0.15) is 5.56 Å². The highest BCUT2D eigenvalue weighted by Crippen LogP contribution is 2.41. The Hall–Kier alpha value is -2.89. The molecule has 6 nitrogen and oxygen atoms in total. The van der Waals surface area contributed by atoms with Gasteiger partial charge in [-0.15, -0.1) is 11.3 Å². The van der Waals surface area contributed by atoms with Crippen molar-refractivity contribution in [1.29, 1.82) is 5.26 Å².